The van der Waals surface area contributed by atoms with E-state index in [1.165, 1.54) is 18.6 Å². The molecular weight excluding hydrogens is 394 g/mol. The molecule has 10 heteroatoms. The third kappa shape index (κ3) is 2.82. The Morgan fingerprint density at radius 1 is 1.00 bits per heavy atom. The second-order valence-electron chi connectivity index (χ2n) is 6.05. The van der Waals surface area contributed by atoms with Crippen molar-refractivity contribution in [3.05, 3.63) is 55.0 Å². The molecule has 29 heavy (non-hydrogen) atoms. The number of carboxylic acid groups (broad SMARTS) is 1. The van der Waals surface area contributed by atoms with Crippen molar-refractivity contribution in [3.63, 3.8) is 0 Å². The van der Waals surface area contributed by atoms with Crippen LogP contribution in [-0.2, 0) is 0 Å². The molecule has 4 aromatic rings. The van der Waals surface area contributed by atoms with Crippen LogP contribution in [0, 0.1) is 0 Å². The minimum Gasteiger partial charge on any atom is -0.454 e. The van der Waals surface area contributed by atoms with Crippen molar-refractivity contribution in [2.45, 2.75) is 0 Å². The summed E-state index contributed by atoms with van der Waals surface area (Å²) >= 11 is 0. The molecule has 0 saturated carbocycles. The minimum atomic E-state index is -1.44. The molecule has 9 nitrogen and oxygen atoms in total. The maximum atomic E-state index is 12.1. The van der Waals surface area contributed by atoms with E-state index in [9.17, 15) is 14.7 Å². The summed E-state index contributed by atoms with van der Waals surface area (Å²) in [4.78, 5) is 37.6. The highest BCUT2D eigenvalue weighted by Crippen LogP contribution is 2.51. The molecule has 1 aromatic carbocycles. The van der Waals surface area contributed by atoms with Gasteiger partial charge in [-0.3, -0.25) is 0 Å². The van der Waals surface area contributed by atoms with Crippen molar-refractivity contribution in [1.29, 1.82) is 0 Å². The molecule has 5 rings (SSSR count). The lowest BCUT2D eigenvalue weighted by Crippen LogP contribution is -2.23. The Balaban J connectivity index is 1.64. The number of rotatable bonds is 4. The van der Waals surface area contributed by atoms with Gasteiger partial charge in [-0.2, -0.15) is 4.79 Å². The standard InChI is InChI=1S/C19H11N5O4S/c25-18-23-12-6-7-20-17-13(12)14(24-18)15(29(17)19(26)27)16-21-8-11(9-22-16)28-10-4-2-1-3-5-10/h1-9H,(H2-,20,21,22,23,24,25,26,27)/p+1. The molecule has 0 bridgehead atoms. The highest BCUT2D eigenvalue weighted by atomic mass is 32.2. The first-order valence-corrected chi connectivity index (χ1v) is 9.68. The number of amides is 2. The number of hydrogen-bond donors (Lipinski definition) is 3. The van der Waals surface area contributed by atoms with E-state index >= 15 is 0 Å². The Hall–Kier alpha value is -4.05. The number of carbonyl (C=O) groups excluding carboxylic acids is 1. The number of para-hydroxylation sites is 1. The average molecular weight is 406 g/mol. The molecule has 2 amide bonds. The summed E-state index contributed by atoms with van der Waals surface area (Å²) < 4.78 is 5.69. The zero-order valence-corrected chi connectivity index (χ0v) is 15.4. The van der Waals surface area contributed by atoms with Crippen molar-refractivity contribution in [2.75, 3.05) is 10.6 Å². The summed E-state index contributed by atoms with van der Waals surface area (Å²) in [5, 5.41) is 14.7. The highest BCUT2D eigenvalue weighted by Gasteiger charge is 2.41. The number of aromatic nitrogens is 3. The predicted molar refractivity (Wildman–Crippen MR) is 108 cm³/mol. The Morgan fingerprint density at radius 2 is 1.76 bits per heavy atom. The molecule has 142 valence electrons. The molecule has 1 unspecified atom stereocenters. The molecule has 4 heterocycles. The van der Waals surface area contributed by atoms with Gasteiger partial charge in [0.25, 0.3) is 9.71 Å². The first-order chi connectivity index (χ1) is 14.1. The molecule has 0 fully saturated rings. The lowest BCUT2D eigenvalue weighted by Gasteiger charge is -2.13. The molecule has 1 aliphatic rings. The van der Waals surface area contributed by atoms with E-state index < -0.39 is 21.8 Å². The number of carbonyl (C=O) groups is 2. The van der Waals surface area contributed by atoms with Gasteiger partial charge in [-0.05, 0) is 18.2 Å². The van der Waals surface area contributed by atoms with Crippen molar-refractivity contribution in [1.82, 2.24) is 15.0 Å². The molecule has 3 N–H and O–H groups in total. The SMILES string of the molecule is O=C1Nc2ccnc3c2c(c(-c2ncc(Oc4ccccc4)cn2)[s+]3C(=O)O)N1. The largest absolute Gasteiger partial charge is 0.554 e. The number of ether oxygens (including phenoxy) is 1. The van der Waals surface area contributed by atoms with Gasteiger partial charge in [0, 0.05) is 6.20 Å². The van der Waals surface area contributed by atoms with Crippen LogP contribution in [0.4, 0.5) is 21.0 Å². The van der Waals surface area contributed by atoms with Crippen LogP contribution >= 0.6 is 10.5 Å². The topological polar surface area (TPSA) is 126 Å². The van der Waals surface area contributed by atoms with Gasteiger partial charge in [-0.25, -0.2) is 19.7 Å². The number of pyridine rings is 1. The fraction of sp³-hybridized carbons (Fsp3) is 0. The number of hydrogen-bond acceptors (Lipinski definition) is 6. The van der Waals surface area contributed by atoms with Crippen LogP contribution in [0.3, 0.4) is 0 Å². The monoisotopic (exact) mass is 406 g/mol. The van der Waals surface area contributed by atoms with Crippen molar-refractivity contribution in [3.8, 4) is 22.2 Å². The lowest BCUT2D eigenvalue weighted by molar-refractivity contribution is 0.221. The van der Waals surface area contributed by atoms with Crippen LogP contribution in [0.15, 0.2) is 55.0 Å². The van der Waals surface area contributed by atoms with Gasteiger partial charge in [-0.15, -0.1) is 0 Å². The first kappa shape index (κ1) is 17.1. The Labute approximate surface area is 166 Å². The Bertz CT molecular complexity index is 1270. The molecular formula is C19H12N5O4S+. The maximum Gasteiger partial charge on any atom is 0.554 e. The first-order valence-electron chi connectivity index (χ1n) is 8.46. The maximum absolute atomic E-state index is 12.1. The molecule has 3 aromatic heterocycles. The quantitative estimate of drug-likeness (QED) is 0.419. The van der Waals surface area contributed by atoms with Crippen LogP contribution in [0.25, 0.3) is 20.9 Å². The van der Waals surface area contributed by atoms with Crippen LogP contribution in [0.2, 0.25) is 0 Å². The highest BCUT2D eigenvalue weighted by molar-refractivity contribution is 7.57. The Kier molecular flexibility index (Phi) is 3.85. The van der Waals surface area contributed by atoms with E-state index in [0.717, 1.165) is 0 Å². The smallest absolute Gasteiger partial charge is 0.454 e. The number of anilines is 2. The summed E-state index contributed by atoms with van der Waals surface area (Å²) in [5.41, 5.74) is 0.876. The van der Waals surface area contributed by atoms with Crippen molar-refractivity contribution < 1.29 is 19.4 Å². The van der Waals surface area contributed by atoms with Gasteiger partial charge in [-0.1, -0.05) is 18.2 Å². The van der Waals surface area contributed by atoms with Crippen molar-refractivity contribution >= 4 is 43.4 Å². The van der Waals surface area contributed by atoms with Crippen LogP contribution in [0.5, 0.6) is 11.5 Å². The zero-order valence-electron chi connectivity index (χ0n) is 14.6. The van der Waals surface area contributed by atoms with E-state index in [4.69, 9.17) is 4.74 Å². The molecule has 1 aliphatic heterocycles. The third-order valence-electron chi connectivity index (χ3n) is 4.26. The van der Waals surface area contributed by atoms with E-state index in [0.29, 0.717) is 38.0 Å². The molecule has 1 atom stereocenters. The fourth-order valence-electron chi connectivity index (χ4n) is 3.13. The summed E-state index contributed by atoms with van der Waals surface area (Å²) in [6.45, 7) is 0. The average Bonchev–Trinajstić information content (AvgIpc) is 3.05. The van der Waals surface area contributed by atoms with Crippen LogP contribution in [0.1, 0.15) is 0 Å². The third-order valence-corrected chi connectivity index (χ3v) is 6.10. The fourth-order valence-corrected chi connectivity index (χ4v) is 4.89. The van der Waals surface area contributed by atoms with Gasteiger partial charge < -0.3 is 20.5 Å². The van der Waals surface area contributed by atoms with Gasteiger partial charge >= 0.3 is 11.3 Å². The van der Waals surface area contributed by atoms with Gasteiger partial charge in [0.2, 0.25) is 5.82 Å². The summed E-state index contributed by atoms with van der Waals surface area (Å²) in [5.74, 6) is 1.23. The minimum absolute atomic E-state index is 0.192. The summed E-state index contributed by atoms with van der Waals surface area (Å²) in [6, 6.07) is 10.3. The number of urea groups is 1. The van der Waals surface area contributed by atoms with Crippen LogP contribution < -0.4 is 15.4 Å². The lowest BCUT2D eigenvalue weighted by atomic mass is 10.2. The van der Waals surface area contributed by atoms with E-state index in [1.54, 1.807) is 18.2 Å². The van der Waals surface area contributed by atoms with Gasteiger partial charge in [0.15, 0.2) is 5.75 Å². The van der Waals surface area contributed by atoms with Crippen LogP contribution in [-0.4, -0.2) is 31.4 Å². The molecule has 0 radical (unpaired) electrons. The number of nitrogens with one attached hydrogen (secondary N) is 2. The number of benzene rings is 1. The summed E-state index contributed by atoms with van der Waals surface area (Å²) in [7, 11) is -1.44. The molecule has 0 aliphatic carbocycles. The number of nitrogens with zero attached hydrogens (tertiary/aromatic N) is 3. The van der Waals surface area contributed by atoms with E-state index in [1.807, 2.05) is 18.2 Å². The second-order valence-corrected chi connectivity index (χ2v) is 7.81. The predicted octanol–water partition coefficient (Wildman–Crippen LogP) is 4.72. The number of thiophene rings is 1. The second kappa shape index (κ2) is 6.53. The molecule has 0 saturated heterocycles. The van der Waals surface area contributed by atoms with Gasteiger partial charge in [0.05, 0.1) is 18.1 Å². The van der Waals surface area contributed by atoms with E-state index in [2.05, 4.69) is 25.6 Å². The Morgan fingerprint density at radius 3 is 2.48 bits per heavy atom. The normalized spacial score (nSPS) is 13.0. The zero-order chi connectivity index (χ0) is 20.0. The van der Waals surface area contributed by atoms with E-state index in [-0.39, 0.29) is 5.82 Å². The van der Waals surface area contributed by atoms with Gasteiger partial charge in [0.1, 0.15) is 27.3 Å². The molecule has 0 spiro atoms. The summed E-state index contributed by atoms with van der Waals surface area (Å²) in [6.07, 6.45) is 4.40. The van der Waals surface area contributed by atoms with Crippen molar-refractivity contribution in [2.24, 2.45) is 0 Å².